The van der Waals surface area contributed by atoms with Crippen molar-refractivity contribution in [3.8, 4) is 0 Å². The fourth-order valence-corrected chi connectivity index (χ4v) is 6.40. The Kier molecular flexibility index (Phi) is 37.7. The van der Waals surface area contributed by atoms with Gasteiger partial charge in [0.1, 0.15) is 0 Å². The quantitative estimate of drug-likeness (QED) is 0.0495. The molecule has 2 unspecified atom stereocenters. The molecule has 0 heterocycles. The largest absolute Gasteiger partial charge is 0.466 e. The molecular formula is C42H82O6. The molecule has 0 saturated carbocycles. The van der Waals surface area contributed by atoms with Crippen LogP contribution in [0.5, 0.6) is 0 Å². The van der Waals surface area contributed by atoms with E-state index in [0.717, 1.165) is 116 Å². The van der Waals surface area contributed by atoms with Crippen LogP contribution in [-0.4, -0.2) is 47.6 Å². The molecule has 6 nitrogen and oxygen atoms in total. The Bertz CT molecular complexity index is 613. The van der Waals surface area contributed by atoms with E-state index in [1.807, 2.05) is 0 Å². The highest BCUT2D eigenvalue weighted by Crippen LogP contribution is 2.16. The fraction of sp³-hybridized carbons (Fsp3) is 0.952. The van der Waals surface area contributed by atoms with Crippen LogP contribution >= 0.6 is 0 Å². The van der Waals surface area contributed by atoms with E-state index in [0.29, 0.717) is 26.1 Å². The summed E-state index contributed by atoms with van der Waals surface area (Å²) in [5.74, 6) is -0.168. The maximum atomic E-state index is 12.0. The molecule has 0 saturated heterocycles. The van der Waals surface area contributed by atoms with Crippen molar-refractivity contribution in [1.29, 1.82) is 0 Å². The van der Waals surface area contributed by atoms with Gasteiger partial charge in [-0.1, -0.05) is 155 Å². The number of esters is 2. The first-order valence-electron chi connectivity index (χ1n) is 21.2. The summed E-state index contributed by atoms with van der Waals surface area (Å²) in [6.07, 6.45) is 36.7. The van der Waals surface area contributed by atoms with Gasteiger partial charge < -0.3 is 19.7 Å². The molecule has 0 aromatic heterocycles. The lowest BCUT2D eigenvalue weighted by Gasteiger charge is -2.10. The second kappa shape index (κ2) is 38.7. The molecule has 48 heavy (non-hydrogen) atoms. The lowest BCUT2D eigenvalue weighted by molar-refractivity contribution is -0.145. The van der Waals surface area contributed by atoms with Crippen LogP contribution in [-0.2, 0) is 19.1 Å². The molecule has 0 radical (unpaired) electrons. The Balaban J connectivity index is 3.34. The zero-order chi connectivity index (χ0) is 35.2. The van der Waals surface area contributed by atoms with Crippen molar-refractivity contribution < 1.29 is 29.3 Å². The maximum absolute atomic E-state index is 12.0. The predicted octanol–water partition coefficient (Wildman–Crippen LogP) is 12.1. The van der Waals surface area contributed by atoms with Crippen molar-refractivity contribution in [3.05, 3.63) is 0 Å². The van der Waals surface area contributed by atoms with Crippen LogP contribution < -0.4 is 0 Å². The van der Waals surface area contributed by atoms with Gasteiger partial charge in [-0.2, -0.15) is 0 Å². The van der Waals surface area contributed by atoms with E-state index in [9.17, 15) is 19.8 Å². The molecule has 0 aliphatic rings. The highest BCUT2D eigenvalue weighted by atomic mass is 16.5. The molecule has 0 bridgehead atoms. The summed E-state index contributed by atoms with van der Waals surface area (Å²) in [6, 6.07) is 0. The minimum absolute atomic E-state index is 0.0839. The number of rotatable bonds is 39. The minimum Gasteiger partial charge on any atom is -0.466 e. The molecule has 0 aliphatic heterocycles. The number of ether oxygens (including phenoxy) is 2. The molecule has 2 N–H and O–H groups in total. The van der Waals surface area contributed by atoms with E-state index >= 15 is 0 Å². The van der Waals surface area contributed by atoms with E-state index in [1.54, 1.807) is 0 Å². The van der Waals surface area contributed by atoms with Crippen LogP contribution in [0.25, 0.3) is 0 Å². The molecule has 0 fully saturated rings. The Morgan fingerprint density at radius 1 is 0.375 bits per heavy atom. The second-order valence-corrected chi connectivity index (χ2v) is 14.6. The first-order chi connectivity index (χ1) is 23.5. The predicted molar refractivity (Wildman–Crippen MR) is 202 cm³/mol. The van der Waals surface area contributed by atoms with Gasteiger partial charge in [0.25, 0.3) is 0 Å². The highest BCUT2D eigenvalue weighted by molar-refractivity contribution is 5.69. The third-order valence-corrected chi connectivity index (χ3v) is 9.68. The third kappa shape index (κ3) is 37.7. The Hall–Kier alpha value is -1.14. The Labute approximate surface area is 298 Å². The monoisotopic (exact) mass is 683 g/mol. The van der Waals surface area contributed by atoms with Crippen molar-refractivity contribution in [3.63, 3.8) is 0 Å². The van der Waals surface area contributed by atoms with Gasteiger partial charge in [-0.3, -0.25) is 9.59 Å². The van der Waals surface area contributed by atoms with E-state index < -0.39 is 0 Å². The van der Waals surface area contributed by atoms with Gasteiger partial charge in [0, 0.05) is 12.8 Å². The van der Waals surface area contributed by atoms with Gasteiger partial charge >= 0.3 is 11.9 Å². The molecule has 0 aliphatic carbocycles. The number of aliphatic hydroxyl groups is 2. The molecule has 6 heteroatoms. The summed E-state index contributed by atoms with van der Waals surface area (Å²) in [4.78, 5) is 23.9. The minimum atomic E-state index is -0.124. The van der Waals surface area contributed by atoms with Crippen LogP contribution in [0.4, 0.5) is 0 Å². The number of hydrogen-bond acceptors (Lipinski definition) is 6. The van der Waals surface area contributed by atoms with Gasteiger partial charge in [0.15, 0.2) is 0 Å². The molecular weight excluding hydrogens is 600 g/mol. The SMILES string of the molecule is CCCCCCCCC(O)CCCCCCCCC(=O)OCCCCCCOC(=O)CCCCCCCCC(O)CCCCCCCC. The molecule has 0 aromatic rings. The molecule has 2 atom stereocenters. The molecule has 0 rings (SSSR count). The van der Waals surface area contributed by atoms with E-state index in [-0.39, 0.29) is 24.1 Å². The number of unbranched alkanes of at least 4 members (excludes halogenated alkanes) is 23. The normalized spacial score (nSPS) is 12.7. The zero-order valence-corrected chi connectivity index (χ0v) is 32.1. The third-order valence-electron chi connectivity index (χ3n) is 9.68. The molecule has 0 amide bonds. The highest BCUT2D eigenvalue weighted by Gasteiger charge is 2.07. The van der Waals surface area contributed by atoms with Crippen molar-refractivity contribution >= 4 is 11.9 Å². The van der Waals surface area contributed by atoms with Gasteiger partial charge in [-0.15, -0.1) is 0 Å². The summed E-state index contributed by atoms with van der Waals surface area (Å²) < 4.78 is 10.8. The van der Waals surface area contributed by atoms with Crippen LogP contribution in [0, 0.1) is 0 Å². The van der Waals surface area contributed by atoms with Gasteiger partial charge in [0.2, 0.25) is 0 Å². The Morgan fingerprint density at radius 2 is 0.625 bits per heavy atom. The van der Waals surface area contributed by atoms with Crippen molar-refractivity contribution in [2.24, 2.45) is 0 Å². The lowest BCUT2D eigenvalue weighted by Crippen LogP contribution is -2.07. The number of carbonyl (C=O) groups is 2. The van der Waals surface area contributed by atoms with Crippen molar-refractivity contribution in [2.45, 2.75) is 244 Å². The summed E-state index contributed by atoms with van der Waals surface area (Å²) in [5.41, 5.74) is 0. The summed E-state index contributed by atoms with van der Waals surface area (Å²) in [5, 5.41) is 20.3. The number of carbonyl (C=O) groups excluding carboxylic acids is 2. The van der Waals surface area contributed by atoms with Gasteiger partial charge in [-0.25, -0.2) is 0 Å². The average Bonchev–Trinajstić information content (AvgIpc) is 3.07. The van der Waals surface area contributed by atoms with Crippen LogP contribution in [0.3, 0.4) is 0 Å². The molecule has 0 spiro atoms. The van der Waals surface area contributed by atoms with Crippen molar-refractivity contribution in [1.82, 2.24) is 0 Å². The summed E-state index contributed by atoms with van der Waals surface area (Å²) in [7, 11) is 0. The van der Waals surface area contributed by atoms with Gasteiger partial charge in [-0.05, 0) is 64.2 Å². The fourth-order valence-electron chi connectivity index (χ4n) is 6.40. The van der Waals surface area contributed by atoms with Crippen LogP contribution in [0.2, 0.25) is 0 Å². The number of aliphatic hydroxyl groups excluding tert-OH is 2. The summed E-state index contributed by atoms with van der Waals surface area (Å²) in [6.45, 7) is 5.45. The van der Waals surface area contributed by atoms with Crippen LogP contribution in [0.15, 0.2) is 0 Å². The molecule has 0 aromatic carbocycles. The number of hydrogen-bond donors (Lipinski definition) is 2. The first kappa shape index (κ1) is 46.9. The zero-order valence-electron chi connectivity index (χ0n) is 32.1. The lowest BCUT2D eigenvalue weighted by atomic mass is 10.0. The second-order valence-electron chi connectivity index (χ2n) is 14.6. The smallest absolute Gasteiger partial charge is 0.305 e. The van der Waals surface area contributed by atoms with E-state index in [2.05, 4.69) is 13.8 Å². The van der Waals surface area contributed by atoms with E-state index in [1.165, 1.54) is 89.9 Å². The topological polar surface area (TPSA) is 93.1 Å². The van der Waals surface area contributed by atoms with Crippen LogP contribution in [0.1, 0.15) is 232 Å². The first-order valence-corrected chi connectivity index (χ1v) is 21.2. The average molecular weight is 683 g/mol. The van der Waals surface area contributed by atoms with E-state index in [4.69, 9.17) is 9.47 Å². The van der Waals surface area contributed by atoms with Gasteiger partial charge in [0.05, 0.1) is 25.4 Å². The summed E-state index contributed by atoms with van der Waals surface area (Å²) >= 11 is 0. The molecule has 286 valence electrons. The maximum Gasteiger partial charge on any atom is 0.305 e. The Morgan fingerprint density at radius 3 is 0.938 bits per heavy atom. The standard InChI is InChI=1S/C42H82O6/c1-3-5-7-9-15-23-31-39(43)33-25-17-11-13-19-27-35-41(45)47-37-29-21-22-30-38-48-42(46)36-28-20-14-12-18-26-34-40(44)32-24-16-10-8-6-4-2/h39-40,43-44H,3-38H2,1-2H3. The van der Waals surface area contributed by atoms with Crippen molar-refractivity contribution in [2.75, 3.05) is 13.2 Å².